The second kappa shape index (κ2) is 6.42. The standard InChI is InChI=1S/C18H21N3OS/c22-18(21-10-7-14-5-1-2-6-16(14)21)11-15-13-23-17(19-15)12-20-8-3-4-9-20/h1-2,5-6,13H,3-4,7-12H2. The van der Waals surface area contributed by atoms with Crippen molar-refractivity contribution in [2.45, 2.75) is 32.2 Å². The molecule has 3 heterocycles. The summed E-state index contributed by atoms with van der Waals surface area (Å²) in [6.45, 7) is 4.09. The monoisotopic (exact) mass is 327 g/mol. The van der Waals surface area contributed by atoms with Gasteiger partial charge >= 0.3 is 0 Å². The SMILES string of the molecule is O=C(Cc1csc(CN2CCCC2)n1)N1CCc2ccccc21. The van der Waals surface area contributed by atoms with Gasteiger partial charge in [0, 0.05) is 17.6 Å². The Morgan fingerprint density at radius 2 is 2.00 bits per heavy atom. The number of rotatable bonds is 4. The Hall–Kier alpha value is -1.72. The van der Waals surface area contributed by atoms with E-state index in [4.69, 9.17) is 0 Å². The van der Waals surface area contributed by atoms with Crippen LogP contribution in [0.5, 0.6) is 0 Å². The normalized spacial score (nSPS) is 17.7. The molecule has 1 amide bonds. The Bertz CT molecular complexity index is 706. The van der Waals surface area contributed by atoms with E-state index in [0.29, 0.717) is 6.42 Å². The molecule has 0 aliphatic carbocycles. The summed E-state index contributed by atoms with van der Waals surface area (Å²) < 4.78 is 0. The van der Waals surface area contributed by atoms with Gasteiger partial charge in [0.2, 0.25) is 5.91 Å². The predicted molar refractivity (Wildman–Crippen MR) is 92.8 cm³/mol. The summed E-state index contributed by atoms with van der Waals surface area (Å²) in [6.07, 6.45) is 3.96. The molecule has 1 aromatic heterocycles. The zero-order valence-corrected chi connectivity index (χ0v) is 14.0. The lowest BCUT2D eigenvalue weighted by molar-refractivity contribution is -0.117. The molecule has 1 saturated heterocycles. The minimum Gasteiger partial charge on any atom is -0.311 e. The zero-order chi connectivity index (χ0) is 15.6. The summed E-state index contributed by atoms with van der Waals surface area (Å²) >= 11 is 1.68. The number of aromatic nitrogens is 1. The second-order valence-corrected chi connectivity index (χ2v) is 7.26. The average Bonchev–Trinajstić information content (AvgIpc) is 3.28. The summed E-state index contributed by atoms with van der Waals surface area (Å²) in [5, 5.41) is 3.18. The van der Waals surface area contributed by atoms with Crippen LogP contribution in [0.15, 0.2) is 29.6 Å². The summed E-state index contributed by atoms with van der Waals surface area (Å²) in [5.41, 5.74) is 3.26. The molecule has 0 unspecified atom stereocenters. The van der Waals surface area contributed by atoms with Crippen molar-refractivity contribution in [1.29, 1.82) is 0 Å². The van der Waals surface area contributed by atoms with Crippen LogP contribution in [-0.2, 0) is 24.2 Å². The number of hydrogen-bond donors (Lipinski definition) is 0. The molecular formula is C18H21N3OS. The average molecular weight is 327 g/mol. The predicted octanol–water partition coefficient (Wildman–Crippen LogP) is 2.87. The first-order valence-electron chi connectivity index (χ1n) is 8.33. The Morgan fingerprint density at radius 1 is 1.17 bits per heavy atom. The number of thiazole rings is 1. The van der Waals surface area contributed by atoms with Gasteiger partial charge in [0.25, 0.3) is 0 Å². The number of anilines is 1. The van der Waals surface area contributed by atoms with Gasteiger partial charge in [-0.15, -0.1) is 11.3 Å². The van der Waals surface area contributed by atoms with Crippen LogP contribution in [0.2, 0.25) is 0 Å². The first-order valence-corrected chi connectivity index (χ1v) is 9.21. The molecule has 0 saturated carbocycles. The number of carbonyl (C=O) groups excluding carboxylic acids is 1. The van der Waals surface area contributed by atoms with Crippen LogP contribution in [0.4, 0.5) is 5.69 Å². The Kier molecular flexibility index (Phi) is 4.14. The summed E-state index contributed by atoms with van der Waals surface area (Å²) in [5.74, 6) is 0.160. The lowest BCUT2D eigenvalue weighted by atomic mass is 10.2. The first kappa shape index (κ1) is 14.8. The van der Waals surface area contributed by atoms with Crippen molar-refractivity contribution in [1.82, 2.24) is 9.88 Å². The topological polar surface area (TPSA) is 36.4 Å². The van der Waals surface area contributed by atoms with Crippen LogP contribution >= 0.6 is 11.3 Å². The molecule has 0 bridgehead atoms. The van der Waals surface area contributed by atoms with E-state index in [1.165, 1.54) is 31.5 Å². The summed E-state index contributed by atoms with van der Waals surface area (Å²) in [4.78, 5) is 21.6. The van der Waals surface area contributed by atoms with Gasteiger partial charge in [-0.1, -0.05) is 18.2 Å². The van der Waals surface area contributed by atoms with Gasteiger partial charge in [-0.25, -0.2) is 4.98 Å². The van der Waals surface area contributed by atoms with Gasteiger partial charge in [-0.05, 0) is 44.0 Å². The smallest absolute Gasteiger partial charge is 0.233 e. The van der Waals surface area contributed by atoms with Gasteiger partial charge in [-0.3, -0.25) is 9.69 Å². The van der Waals surface area contributed by atoms with E-state index < -0.39 is 0 Å². The molecule has 0 radical (unpaired) electrons. The van der Waals surface area contributed by atoms with Crippen LogP contribution in [0.3, 0.4) is 0 Å². The number of amides is 1. The molecule has 2 aromatic rings. The minimum atomic E-state index is 0.160. The van der Waals surface area contributed by atoms with Crippen LogP contribution in [0.1, 0.15) is 29.1 Å². The lowest BCUT2D eigenvalue weighted by Crippen LogP contribution is -2.30. The molecule has 2 aliphatic heterocycles. The maximum atomic E-state index is 12.6. The molecule has 0 atom stereocenters. The maximum Gasteiger partial charge on any atom is 0.233 e. The summed E-state index contributed by atoms with van der Waals surface area (Å²) in [7, 11) is 0. The van der Waals surface area contributed by atoms with Crippen molar-refractivity contribution >= 4 is 22.9 Å². The van der Waals surface area contributed by atoms with E-state index >= 15 is 0 Å². The molecule has 23 heavy (non-hydrogen) atoms. The molecule has 1 aromatic carbocycles. The fourth-order valence-electron chi connectivity index (χ4n) is 3.48. The second-order valence-electron chi connectivity index (χ2n) is 6.32. The molecule has 1 fully saturated rings. The highest BCUT2D eigenvalue weighted by Crippen LogP contribution is 2.28. The van der Waals surface area contributed by atoms with Crippen molar-refractivity contribution in [2.75, 3.05) is 24.5 Å². The number of para-hydroxylation sites is 1. The largest absolute Gasteiger partial charge is 0.311 e. The molecule has 0 spiro atoms. The van der Waals surface area contributed by atoms with Gasteiger partial charge in [0.05, 0.1) is 18.7 Å². The third kappa shape index (κ3) is 3.16. The third-order valence-electron chi connectivity index (χ3n) is 4.68. The fraction of sp³-hybridized carbons (Fsp3) is 0.444. The molecule has 5 heteroatoms. The zero-order valence-electron chi connectivity index (χ0n) is 13.2. The van der Waals surface area contributed by atoms with Crippen LogP contribution in [0.25, 0.3) is 0 Å². The van der Waals surface area contributed by atoms with E-state index in [-0.39, 0.29) is 5.91 Å². The van der Waals surface area contributed by atoms with E-state index in [2.05, 4.69) is 16.0 Å². The highest BCUT2D eigenvalue weighted by molar-refractivity contribution is 7.09. The van der Waals surface area contributed by atoms with Gasteiger partial charge in [0.15, 0.2) is 0 Å². The third-order valence-corrected chi connectivity index (χ3v) is 5.56. The minimum absolute atomic E-state index is 0.160. The van der Waals surface area contributed by atoms with Crippen molar-refractivity contribution in [3.05, 3.63) is 45.9 Å². The van der Waals surface area contributed by atoms with Crippen LogP contribution in [0, 0.1) is 0 Å². The van der Waals surface area contributed by atoms with E-state index in [0.717, 1.165) is 35.9 Å². The highest BCUT2D eigenvalue weighted by atomic mass is 32.1. The molecule has 4 rings (SSSR count). The number of fused-ring (bicyclic) bond motifs is 1. The molecular weight excluding hydrogens is 306 g/mol. The molecule has 4 nitrogen and oxygen atoms in total. The van der Waals surface area contributed by atoms with E-state index in [1.807, 2.05) is 28.5 Å². The van der Waals surface area contributed by atoms with Gasteiger partial charge in [0.1, 0.15) is 5.01 Å². The highest BCUT2D eigenvalue weighted by Gasteiger charge is 2.24. The van der Waals surface area contributed by atoms with Gasteiger partial charge in [-0.2, -0.15) is 0 Å². The molecule has 0 N–H and O–H groups in total. The van der Waals surface area contributed by atoms with Crippen molar-refractivity contribution in [3.8, 4) is 0 Å². The molecule has 120 valence electrons. The first-order chi connectivity index (χ1) is 11.3. The van der Waals surface area contributed by atoms with Crippen molar-refractivity contribution in [2.24, 2.45) is 0 Å². The number of nitrogens with zero attached hydrogens (tertiary/aromatic N) is 3. The number of hydrogen-bond acceptors (Lipinski definition) is 4. The summed E-state index contributed by atoms with van der Waals surface area (Å²) in [6, 6.07) is 8.19. The number of carbonyl (C=O) groups is 1. The van der Waals surface area contributed by atoms with Crippen LogP contribution in [-0.4, -0.2) is 35.4 Å². The van der Waals surface area contributed by atoms with Crippen molar-refractivity contribution < 1.29 is 4.79 Å². The Balaban J connectivity index is 1.40. The van der Waals surface area contributed by atoms with Gasteiger partial charge < -0.3 is 4.90 Å². The Morgan fingerprint density at radius 3 is 2.87 bits per heavy atom. The Labute approximate surface area is 140 Å². The van der Waals surface area contributed by atoms with E-state index in [1.54, 1.807) is 11.3 Å². The molecule has 2 aliphatic rings. The fourth-order valence-corrected chi connectivity index (χ4v) is 4.32. The number of likely N-dealkylation sites (tertiary alicyclic amines) is 1. The maximum absolute atomic E-state index is 12.6. The van der Waals surface area contributed by atoms with Crippen LogP contribution < -0.4 is 4.90 Å². The quantitative estimate of drug-likeness (QED) is 0.866. The van der Waals surface area contributed by atoms with E-state index in [9.17, 15) is 4.79 Å². The van der Waals surface area contributed by atoms with Crippen molar-refractivity contribution in [3.63, 3.8) is 0 Å². The lowest BCUT2D eigenvalue weighted by Gasteiger charge is -2.16. The number of benzene rings is 1.